The molecule has 0 bridgehead atoms. The van der Waals surface area contributed by atoms with E-state index < -0.39 is 0 Å². The Bertz CT molecular complexity index is 229. The minimum Gasteiger partial charge on any atom is -0.461 e. The number of aliphatic hydroxyl groups excluding tert-OH is 1. The van der Waals surface area contributed by atoms with Crippen LogP contribution in [0.25, 0.3) is 0 Å². The van der Waals surface area contributed by atoms with Crippen molar-refractivity contribution in [2.45, 2.75) is 39.7 Å². The second-order valence-electron chi connectivity index (χ2n) is 4.03. The van der Waals surface area contributed by atoms with Crippen LogP contribution >= 0.6 is 0 Å². The molecular weight excluding hydrogens is 218 g/mol. The first-order chi connectivity index (χ1) is 8.13. The summed E-state index contributed by atoms with van der Waals surface area (Å²) >= 11 is 0. The van der Waals surface area contributed by atoms with Crippen LogP contribution in [-0.4, -0.2) is 48.3 Å². The summed E-state index contributed by atoms with van der Waals surface area (Å²) in [5.41, 5.74) is 0. The summed E-state index contributed by atoms with van der Waals surface area (Å²) in [6, 6.07) is 0. The van der Waals surface area contributed by atoms with Gasteiger partial charge in [0.25, 0.3) is 0 Å². The van der Waals surface area contributed by atoms with Gasteiger partial charge < -0.3 is 9.84 Å². The van der Waals surface area contributed by atoms with E-state index in [1.54, 1.807) is 13.0 Å². The van der Waals surface area contributed by atoms with Crippen LogP contribution in [0, 0.1) is 0 Å². The molecule has 1 unspecified atom stereocenters. The van der Waals surface area contributed by atoms with Crippen LogP contribution in [0.15, 0.2) is 12.2 Å². The molecule has 0 aromatic carbocycles. The summed E-state index contributed by atoms with van der Waals surface area (Å²) < 4.78 is 5.03. The Morgan fingerprint density at radius 1 is 1.41 bits per heavy atom. The second-order valence-corrected chi connectivity index (χ2v) is 4.03. The average molecular weight is 243 g/mol. The molecule has 0 aliphatic heterocycles. The number of carbonyl (C=O) groups is 1. The Kier molecular flexibility index (Phi) is 9.77. The van der Waals surface area contributed by atoms with E-state index in [0.29, 0.717) is 19.7 Å². The van der Waals surface area contributed by atoms with Gasteiger partial charge in [0.2, 0.25) is 0 Å². The van der Waals surface area contributed by atoms with Crippen molar-refractivity contribution in [2.75, 3.05) is 26.2 Å². The molecule has 0 saturated carbocycles. The average Bonchev–Trinajstić information content (AvgIpc) is 2.29. The van der Waals surface area contributed by atoms with Gasteiger partial charge in [-0.15, -0.1) is 0 Å². The maximum atomic E-state index is 11.1. The maximum Gasteiger partial charge on any atom is 0.330 e. The molecule has 0 heterocycles. The molecule has 1 N–H and O–H groups in total. The van der Waals surface area contributed by atoms with E-state index in [4.69, 9.17) is 4.74 Å². The van der Waals surface area contributed by atoms with Gasteiger partial charge in [-0.05, 0) is 26.3 Å². The zero-order valence-electron chi connectivity index (χ0n) is 11.2. The number of allylic oxidation sites excluding steroid dienone is 1. The topological polar surface area (TPSA) is 49.8 Å². The van der Waals surface area contributed by atoms with Crippen molar-refractivity contribution in [2.24, 2.45) is 0 Å². The molecular formula is C13H25NO3. The third-order valence-corrected chi connectivity index (χ3v) is 2.43. The molecule has 0 spiro atoms. The molecule has 100 valence electrons. The van der Waals surface area contributed by atoms with Gasteiger partial charge in [-0.2, -0.15) is 0 Å². The number of hydrogen-bond acceptors (Lipinski definition) is 4. The molecule has 0 aliphatic rings. The Morgan fingerprint density at radius 3 is 2.65 bits per heavy atom. The van der Waals surface area contributed by atoms with E-state index in [9.17, 15) is 9.90 Å². The van der Waals surface area contributed by atoms with E-state index >= 15 is 0 Å². The second kappa shape index (κ2) is 10.3. The van der Waals surface area contributed by atoms with Crippen molar-refractivity contribution in [1.82, 2.24) is 4.90 Å². The van der Waals surface area contributed by atoms with Crippen LogP contribution in [0.2, 0.25) is 0 Å². The summed E-state index contributed by atoms with van der Waals surface area (Å²) in [6.45, 7) is 8.44. The third-order valence-electron chi connectivity index (χ3n) is 2.43. The van der Waals surface area contributed by atoms with Crippen LogP contribution in [0.1, 0.15) is 33.6 Å². The Labute approximate surface area is 104 Å². The molecule has 4 heteroatoms. The molecule has 4 nitrogen and oxygen atoms in total. The van der Waals surface area contributed by atoms with Gasteiger partial charge in [0, 0.05) is 19.2 Å². The maximum absolute atomic E-state index is 11.1. The minimum atomic E-state index is -0.306. The van der Waals surface area contributed by atoms with Gasteiger partial charge in [-0.25, -0.2) is 4.79 Å². The Hall–Kier alpha value is -0.870. The SMILES string of the molecule is C/C=C/C(=O)OCCN(CCC)CC(O)CC. The predicted octanol–water partition coefficient (Wildman–Crippen LogP) is 1.59. The van der Waals surface area contributed by atoms with E-state index in [1.807, 2.05) is 6.92 Å². The number of aliphatic hydroxyl groups is 1. The number of ether oxygens (including phenoxy) is 1. The highest BCUT2D eigenvalue weighted by Gasteiger charge is 2.09. The number of hydrogen-bond donors (Lipinski definition) is 1. The van der Waals surface area contributed by atoms with Crippen LogP contribution in [0.3, 0.4) is 0 Å². The van der Waals surface area contributed by atoms with Gasteiger partial charge in [-0.1, -0.05) is 19.9 Å². The highest BCUT2D eigenvalue weighted by Crippen LogP contribution is 1.98. The van der Waals surface area contributed by atoms with Crippen molar-refractivity contribution in [3.63, 3.8) is 0 Å². The van der Waals surface area contributed by atoms with Crippen LogP contribution in [0.5, 0.6) is 0 Å². The smallest absolute Gasteiger partial charge is 0.330 e. The molecule has 0 saturated heterocycles. The highest BCUT2D eigenvalue weighted by molar-refractivity contribution is 5.81. The van der Waals surface area contributed by atoms with E-state index in [-0.39, 0.29) is 12.1 Å². The third kappa shape index (κ3) is 8.89. The normalized spacial score (nSPS) is 13.2. The fourth-order valence-electron chi connectivity index (χ4n) is 1.50. The molecule has 0 fully saturated rings. The fraction of sp³-hybridized carbons (Fsp3) is 0.769. The van der Waals surface area contributed by atoms with Crippen LogP contribution in [-0.2, 0) is 9.53 Å². The summed E-state index contributed by atoms with van der Waals surface area (Å²) in [4.78, 5) is 13.2. The van der Waals surface area contributed by atoms with E-state index in [2.05, 4.69) is 11.8 Å². The van der Waals surface area contributed by atoms with Gasteiger partial charge in [0.1, 0.15) is 6.61 Å². The summed E-state index contributed by atoms with van der Waals surface area (Å²) in [5, 5.41) is 9.59. The summed E-state index contributed by atoms with van der Waals surface area (Å²) in [7, 11) is 0. The fourth-order valence-corrected chi connectivity index (χ4v) is 1.50. The lowest BCUT2D eigenvalue weighted by molar-refractivity contribution is -0.138. The lowest BCUT2D eigenvalue weighted by Crippen LogP contribution is -2.35. The van der Waals surface area contributed by atoms with Crippen LogP contribution < -0.4 is 0 Å². The quantitative estimate of drug-likeness (QED) is 0.493. The predicted molar refractivity (Wildman–Crippen MR) is 68.8 cm³/mol. The van der Waals surface area contributed by atoms with E-state index in [0.717, 1.165) is 19.4 Å². The zero-order chi connectivity index (χ0) is 13.1. The van der Waals surface area contributed by atoms with Crippen molar-refractivity contribution in [1.29, 1.82) is 0 Å². The van der Waals surface area contributed by atoms with Crippen molar-refractivity contribution < 1.29 is 14.6 Å². The number of rotatable bonds is 9. The molecule has 0 aliphatic carbocycles. The molecule has 0 aromatic heterocycles. The highest BCUT2D eigenvalue weighted by atomic mass is 16.5. The van der Waals surface area contributed by atoms with Gasteiger partial charge in [-0.3, -0.25) is 4.90 Å². The lowest BCUT2D eigenvalue weighted by atomic mass is 10.2. The summed E-state index contributed by atoms with van der Waals surface area (Å²) in [5.74, 6) is -0.306. The standard InChI is InChI=1S/C13H25NO3/c1-4-7-13(16)17-10-9-14(8-5-2)11-12(15)6-3/h4,7,12,15H,5-6,8-11H2,1-3H3/b7-4+. The monoisotopic (exact) mass is 243 g/mol. The molecule has 0 aromatic rings. The van der Waals surface area contributed by atoms with Crippen LogP contribution in [0.4, 0.5) is 0 Å². The molecule has 0 radical (unpaired) electrons. The minimum absolute atomic E-state index is 0.298. The first-order valence-electron chi connectivity index (χ1n) is 6.33. The molecule has 0 rings (SSSR count). The number of esters is 1. The van der Waals surface area contributed by atoms with E-state index in [1.165, 1.54) is 6.08 Å². The van der Waals surface area contributed by atoms with Crippen molar-refractivity contribution in [3.8, 4) is 0 Å². The zero-order valence-corrected chi connectivity index (χ0v) is 11.2. The van der Waals surface area contributed by atoms with Gasteiger partial charge in [0.15, 0.2) is 0 Å². The number of nitrogens with zero attached hydrogens (tertiary/aromatic N) is 1. The van der Waals surface area contributed by atoms with Gasteiger partial charge >= 0.3 is 5.97 Å². The Morgan fingerprint density at radius 2 is 2.12 bits per heavy atom. The van der Waals surface area contributed by atoms with Crippen molar-refractivity contribution >= 4 is 5.97 Å². The molecule has 0 amide bonds. The number of carbonyl (C=O) groups excluding carboxylic acids is 1. The Balaban J connectivity index is 3.87. The first-order valence-corrected chi connectivity index (χ1v) is 6.33. The molecule has 17 heavy (non-hydrogen) atoms. The lowest BCUT2D eigenvalue weighted by Gasteiger charge is -2.23. The van der Waals surface area contributed by atoms with Crippen molar-refractivity contribution in [3.05, 3.63) is 12.2 Å². The summed E-state index contributed by atoms with van der Waals surface area (Å²) in [6.07, 6.45) is 4.54. The first kappa shape index (κ1) is 16.1. The molecule has 1 atom stereocenters. The van der Waals surface area contributed by atoms with Gasteiger partial charge in [0.05, 0.1) is 6.10 Å². The largest absolute Gasteiger partial charge is 0.461 e.